The fourth-order valence-electron chi connectivity index (χ4n) is 2.92. The van der Waals surface area contributed by atoms with E-state index in [1.807, 2.05) is 0 Å². The molecule has 1 aromatic rings. The lowest BCUT2D eigenvalue weighted by atomic mass is 9.98. The maximum Gasteiger partial charge on any atom is 0.274 e. The minimum atomic E-state index is -3.55. The molecule has 3 rings (SSSR count). The van der Waals surface area contributed by atoms with E-state index in [2.05, 4.69) is 23.9 Å². The monoisotopic (exact) mass is 312 g/mol. The Hall–Kier alpha value is -0.850. The Morgan fingerprint density at radius 1 is 1.19 bits per heavy atom. The predicted molar refractivity (Wildman–Crippen MR) is 80.2 cm³/mol. The van der Waals surface area contributed by atoms with Crippen LogP contribution in [0.15, 0.2) is 21.6 Å². The van der Waals surface area contributed by atoms with E-state index < -0.39 is 10.0 Å². The molecule has 0 bridgehead atoms. The molecule has 1 aromatic heterocycles. The summed E-state index contributed by atoms with van der Waals surface area (Å²) >= 11 is 0. The molecule has 0 aliphatic heterocycles. The Morgan fingerprint density at radius 2 is 1.95 bits per heavy atom. The molecule has 3 unspecified atom stereocenters. The minimum absolute atomic E-state index is 0.0168. The largest absolute Gasteiger partial charge is 0.447 e. The van der Waals surface area contributed by atoms with E-state index in [1.165, 1.54) is 12.8 Å². The van der Waals surface area contributed by atoms with E-state index >= 15 is 0 Å². The molecule has 2 aliphatic rings. The van der Waals surface area contributed by atoms with Gasteiger partial charge in [0.15, 0.2) is 0 Å². The van der Waals surface area contributed by atoms with Gasteiger partial charge in [-0.15, -0.1) is 0 Å². The lowest BCUT2D eigenvalue weighted by Crippen LogP contribution is -2.37. The number of rotatable bonds is 6. The van der Waals surface area contributed by atoms with Gasteiger partial charge in [0, 0.05) is 12.1 Å². The van der Waals surface area contributed by atoms with Gasteiger partial charge in [-0.05, 0) is 49.7 Å². The van der Waals surface area contributed by atoms with E-state index in [4.69, 9.17) is 4.42 Å². The van der Waals surface area contributed by atoms with Crippen molar-refractivity contribution in [1.82, 2.24) is 10.0 Å². The summed E-state index contributed by atoms with van der Waals surface area (Å²) in [6.07, 6.45) is 4.37. The molecule has 2 saturated carbocycles. The lowest BCUT2D eigenvalue weighted by Gasteiger charge is -2.18. The standard InChI is InChI=1S/C15H24N2O3S/c1-10-3-7-14(11(10)2)17-21(18,19)15-8-6-13(20-15)9-16-12-4-5-12/h6,8,10-12,14,16-17H,3-5,7,9H2,1-2H3. The average Bonchev–Trinajstić information content (AvgIpc) is 3.06. The molecule has 0 saturated heterocycles. The fraction of sp³-hybridized carbons (Fsp3) is 0.733. The van der Waals surface area contributed by atoms with Gasteiger partial charge >= 0.3 is 0 Å². The van der Waals surface area contributed by atoms with Crippen LogP contribution in [0.4, 0.5) is 0 Å². The summed E-state index contributed by atoms with van der Waals surface area (Å²) in [5, 5.41) is 3.34. The maximum atomic E-state index is 12.4. The highest BCUT2D eigenvalue weighted by atomic mass is 32.2. The number of hydrogen-bond acceptors (Lipinski definition) is 4. The van der Waals surface area contributed by atoms with Crippen molar-refractivity contribution in [2.45, 2.75) is 63.3 Å². The Bertz CT molecular complexity index is 592. The zero-order valence-corrected chi connectivity index (χ0v) is 13.4. The first-order valence-electron chi connectivity index (χ1n) is 7.80. The molecule has 1 heterocycles. The molecular formula is C15H24N2O3S. The summed E-state index contributed by atoms with van der Waals surface area (Å²) in [6, 6.07) is 3.89. The smallest absolute Gasteiger partial charge is 0.274 e. The van der Waals surface area contributed by atoms with Crippen LogP contribution < -0.4 is 10.0 Å². The van der Waals surface area contributed by atoms with Crippen molar-refractivity contribution in [2.24, 2.45) is 11.8 Å². The van der Waals surface area contributed by atoms with E-state index in [0.717, 1.165) is 12.8 Å². The van der Waals surface area contributed by atoms with Crippen LogP contribution in [-0.4, -0.2) is 20.5 Å². The SMILES string of the molecule is CC1CCC(NS(=O)(=O)c2ccc(CNC3CC3)o2)C1C. The van der Waals surface area contributed by atoms with Crippen molar-refractivity contribution < 1.29 is 12.8 Å². The Kier molecular flexibility index (Phi) is 4.12. The van der Waals surface area contributed by atoms with Crippen molar-refractivity contribution in [3.63, 3.8) is 0 Å². The molecule has 5 nitrogen and oxygen atoms in total. The zero-order valence-electron chi connectivity index (χ0n) is 12.6. The van der Waals surface area contributed by atoms with Crippen LogP contribution in [0.1, 0.15) is 45.3 Å². The number of nitrogens with one attached hydrogen (secondary N) is 2. The summed E-state index contributed by atoms with van der Waals surface area (Å²) < 4.78 is 33.0. The molecule has 2 fully saturated rings. The van der Waals surface area contributed by atoms with Crippen LogP contribution in [0, 0.1) is 11.8 Å². The van der Waals surface area contributed by atoms with E-state index in [1.54, 1.807) is 12.1 Å². The van der Waals surface area contributed by atoms with Gasteiger partial charge in [-0.25, -0.2) is 13.1 Å². The average molecular weight is 312 g/mol. The van der Waals surface area contributed by atoms with Crippen LogP contribution in [-0.2, 0) is 16.6 Å². The molecule has 0 aromatic carbocycles. The molecule has 6 heteroatoms. The second-order valence-electron chi connectivity index (χ2n) is 6.52. The topological polar surface area (TPSA) is 71.3 Å². The highest BCUT2D eigenvalue weighted by Gasteiger charge is 2.34. The first kappa shape index (κ1) is 15.1. The van der Waals surface area contributed by atoms with Gasteiger partial charge in [0.2, 0.25) is 5.09 Å². The van der Waals surface area contributed by atoms with E-state index in [0.29, 0.717) is 30.2 Å². The predicted octanol–water partition coefficient (Wildman–Crippen LogP) is 2.24. The summed E-state index contributed by atoms with van der Waals surface area (Å²) in [7, 11) is -3.55. The van der Waals surface area contributed by atoms with E-state index in [9.17, 15) is 8.42 Å². The van der Waals surface area contributed by atoms with Crippen molar-refractivity contribution in [3.8, 4) is 0 Å². The second kappa shape index (κ2) is 5.74. The molecule has 118 valence electrons. The van der Waals surface area contributed by atoms with Crippen molar-refractivity contribution in [2.75, 3.05) is 0 Å². The highest BCUT2D eigenvalue weighted by Crippen LogP contribution is 2.32. The highest BCUT2D eigenvalue weighted by molar-refractivity contribution is 7.89. The molecule has 0 spiro atoms. The molecule has 21 heavy (non-hydrogen) atoms. The Balaban J connectivity index is 1.63. The molecule has 0 amide bonds. The third-order valence-electron chi connectivity index (χ3n) is 4.82. The first-order valence-corrected chi connectivity index (χ1v) is 9.28. The van der Waals surface area contributed by atoms with Crippen LogP contribution in [0.25, 0.3) is 0 Å². The Morgan fingerprint density at radius 3 is 2.57 bits per heavy atom. The van der Waals surface area contributed by atoms with Gasteiger partial charge in [0.25, 0.3) is 10.0 Å². The van der Waals surface area contributed by atoms with Gasteiger partial charge in [0.1, 0.15) is 5.76 Å². The summed E-state index contributed by atoms with van der Waals surface area (Å²) in [5.41, 5.74) is 0. The Labute approximate surface area is 126 Å². The molecule has 3 atom stereocenters. The van der Waals surface area contributed by atoms with Crippen LogP contribution in [0.5, 0.6) is 0 Å². The minimum Gasteiger partial charge on any atom is -0.447 e. The number of sulfonamides is 1. The van der Waals surface area contributed by atoms with Crippen molar-refractivity contribution >= 4 is 10.0 Å². The molecular weight excluding hydrogens is 288 g/mol. The third-order valence-corrected chi connectivity index (χ3v) is 6.18. The number of hydrogen-bond donors (Lipinski definition) is 2. The summed E-state index contributed by atoms with van der Waals surface area (Å²) in [5.74, 6) is 1.61. The van der Waals surface area contributed by atoms with Crippen molar-refractivity contribution in [1.29, 1.82) is 0 Å². The van der Waals surface area contributed by atoms with Crippen LogP contribution in [0.2, 0.25) is 0 Å². The summed E-state index contributed by atoms with van der Waals surface area (Å²) in [6.45, 7) is 4.88. The quantitative estimate of drug-likeness (QED) is 0.845. The van der Waals surface area contributed by atoms with Gasteiger partial charge < -0.3 is 9.73 Å². The first-order chi connectivity index (χ1) is 9.95. The van der Waals surface area contributed by atoms with Gasteiger partial charge in [-0.2, -0.15) is 0 Å². The second-order valence-corrected chi connectivity index (χ2v) is 8.16. The zero-order chi connectivity index (χ0) is 15.0. The lowest BCUT2D eigenvalue weighted by molar-refractivity contribution is 0.381. The fourth-order valence-corrected chi connectivity index (χ4v) is 4.23. The van der Waals surface area contributed by atoms with Gasteiger partial charge in [-0.1, -0.05) is 13.8 Å². The van der Waals surface area contributed by atoms with E-state index in [-0.39, 0.29) is 11.1 Å². The summed E-state index contributed by atoms with van der Waals surface area (Å²) in [4.78, 5) is 0. The molecule has 2 aliphatic carbocycles. The van der Waals surface area contributed by atoms with Gasteiger partial charge in [-0.3, -0.25) is 0 Å². The number of furan rings is 1. The third kappa shape index (κ3) is 3.49. The molecule has 0 radical (unpaired) electrons. The van der Waals surface area contributed by atoms with Gasteiger partial charge in [0.05, 0.1) is 6.54 Å². The maximum absolute atomic E-state index is 12.4. The van der Waals surface area contributed by atoms with Crippen LogP contribution in [0.3, 0.4) is 0 Å². The molecule has 2 N–H and O–H groups in total. The van der Waals surface area contributed by atoms with Crippen LogP contribution >= 0.6 is 0 Å². The van der Waals surface area contributed by atoms with Crippen molar-refractivity contribution in [3.05, 3.63) is 17.9 Å². The normalized spacial score (nSPS) is 29.9.